The van der Waals surface area contributed by atoms with Gasteiger partial charge in [-0.05, 0) is 19.4 Å². The molecule has 0 heterocycles. The van der Waals surface area contributed by atoms with E-state index in [0.29, 0.717) is 0 Å². The molecule has 0 atom stereocenters. The van der Waals surface area contributed by atoms with Gasteiger partial charge in [-0.2, -0.15) is 5.10 Å². The molecule has 0 aliphatic heterocycles. The maximum absolute atomic E-state index is 5.16. The Kier molecular flexibility index (Phi) is 5.41. The minimum atomic E-state index is -0.0311. The second kappa shape index (κ2) is 6.03. The first-order valence-electron chi connectivity index (χ1n) is 4.30. The third-order valence-corrected chi connectivity index (χ3v) is 1.78. The van der Waals surface area contributed by atoms with E-state index in [1.165, 1.54) is 5.56 Å². The van der Waals surface area contributed by atoms with Gasteiger partial charge < -0.3 is 11.5 Å². The van der Waals surface area contributed by atoms with Crippen LogP contribution >= 0.6 is 12.4 Å². The molecule has 0 bridgehead atoms. The highest BCUT2D eigenvalue weighted by molar-refractivity contribution is 5.98. The third-order valence-electron chi connectivity index (χ3n) is 1.78. The number of hydrogen-bond acceptors (Lipinski definition) is 2. The van der Waals surface area contributed by atoms with Crippen molar-refractivity contribution < 1.29 is 0 Å². The summed E-state index contributed by atoms with van der Waals surface area (Å²) in [6.45, 7) is 3.89. The van der Waals surface area contributed by atoms with Gasteiger partial charge in [0.05, 0.1) is 5.71 Å². The zero-order chi connectivity index (χ0) is 10.6. The quantitative estimate of drug-likeness (QED) is 0.455. The van der Waals surface area contributed by atoms with E-state index in [4.69, 9.17) is 11.5 Å². The van der Waals surface area contributed by atoms with E-state index < -0.39 is 0 Å². The molecule has 0 unspecified atom stereocenters. The smallest absolute Gasteiger partial charge is 0.211 e. The molecule has 0 saturated heterocycles. The monoisotopic (exact) mass is 226 g/mol. The van der Waals surface area contributed by atoms with Crippen molar-refractivity contribution in [2.75, 3.05) is 0 Å². The van der Waals surface area contributed by atoms with Gasteiger partial charge in [-0.3, -0.25) is 0 Å². The lowest BCUT2D eigenvalue weighted by Crippen LogP contribution is -2.22. The molecule has 0 aromatic heterocycles. The van der Waals surface area contributed by atoms with Gasteiger partial charge in [0, 0.05) is 0 Å². The number of aryl methyl sites for hydroxylation is 1. The summed E-state index contributed by atoms with van der Waals surface area (Å²) in [5.74, 6) is -0.0311. The van der Waals surface area contributed by atoms with Crippen LogP contribution in [0.15, 0.2) is 34.5 Å². The maximum atomic E-state index is 5.16. The molecule has 0 aliphatic rings. The lowest BCUT2D eigenvalue weighted by atomic mass is 10.1. The maximum Gasteiger partial charge on any atom is 0.211 e. The highest BCUT2D eigenvalue weighted by atomic mass is 35.5. The zero-order valence-corrected chi connectivity index (χ0v) is 9.58. The Bertz CT molecular complexity index is 364. The zero-order valence-electron chi connectivity index (χ0n) is 8.77. The molecule has 1 aromatic rings. The summed E-state index contributed by atoms with van der Waals surface area (Å²) in [6, 6.07) is 8.00. The van der Waals surface area contributed by atoms with E-state index in [2.05, 4.69) is 10.2 Å². The average Bonchev–Trinajstić information content (AvgIpc) is 2.15. The molecule has 82 valence electrons. The fraction of sp³-hybridized carbons (Fsp3) is 0.200. The number of nitrogens with two attached hydrogens (primary N) is 2. The van der Waals surface area contributed by atoms with Crippen LogP contribution in [0.3, 0.4) is 0 Å². The van der Waals surface area contributed by atoms with Gasteiger partial charge in [0.15, 0.2) is 0 Å². The minimum absolute atomic E-state index is 0. The molecule has 5 heteroatoms. The molecule has 0 amide bonds. The number of guanidine groups is 1. The van der Waals surface area contributed by atoms with Crippen molar-refractivity contribution in [1.29, 1.82) is 0 Å². The highest BCUT2D eigenvalue weighted by Gasteiger charge is 1.95. The predicted octanol–water partition coefficient (Wildman–Crippen LogP) is 1.41. The largest absolute Gasteiger partial charge is 0.369 e. The van der Waals surface area contributed by atoms with Crippen LogP contribution < -0.4 is 11.5 Å². The van der Waals surface area contributed by atoms with E-state index in [9.17, 15) is 0 Å². The molecule has 0 fully saturated rings. The van der Waals surface area contributed by atoms with Crippen molar-refractivity contribution in [2.24, 2.45) is 21.7 Å². The van der Waals surface area contributed by atoms with Crippen molar-refractivity contribution in [3.8, 4) is 0 Å². The number of halogens is 1. The molecule has 1 aromatic carbocycles. The van der Waals surface area contributed by atoms with Gasteiger partial charge in [-0.25, -0.2) is 0 Å². The van der Waals surface area contributed by atoms with Crippen LogP contribution in [0.4, 0.5) is 0 Å². The number of hydrogen-bond donors (Lipinski definition) is 2. The Morgan fingerprint density at radius 3 is 2.07 bits per heavy atom. The van der Waals surface area contributed by atoms with E-state index in [1.54, 1.807) is 0 Å². The van der Waals surface area contributed by atoms with Crippen molar-refractivity contribution in [3.63, 3.8) is 0 Å². The molecule has 15 heavy (non-hydrogen) atoms. The Labute approximate surface area is 95.5 Å². The topological polar surface area (TPSA) is 76.8 Å². The van der Waals surface area contributed by atoms with E-state index in [1.807, 2.05) is 38.1 Å². The second-order valence-corrected chi connectivity index (χ2v) is 3.08. The minimum Gasteiger partial charge on any atom is -0.369 e. The lowest BCUT2D eigenvalue weighted by Gasteiger charge is -1.98. The first-order chi connectivity index (χ1) is 6.59. The van der Waals surface area contributed by atoms with Crippen LogP contribution in [0.25, 0.3) is 0 Å². The van der Waals surface area contributed by atoms with Crippen LogP contribution in [0.1, 0.15) is 18.1 Å². The Hall–Kier alpha value is -1.55. The molecule has 4 nitrogen and oxygen atoms in total. The van der Waals surface area contributed by atoms with Gasteiger partial charge in [-0.15, -0.1) is 17.5 Å². The van der Waals surface area contributed by atoms with Crippen molar-refractivity contribution in [3.05, 3.63) is 35.4 Å². The van der Waals surface area contributed by atoms with Crippen LogP contribution in [0.5, 0.6) is 0 Å². The van der Waals surface area contributed by atoms with Gasteiger partial charge in [0.25, 0.3) is 0 Å². The fourth-order valence-corrected chi connectivity index (χ4v) is 0.985. The summed E-state index contributed by atoms with van der Waals surface area (Å²) >= 11 is 0. The third kappa shape index (κ3) is 4.46. The van der Waals surface area contributed by atoms with Gasteiger partial charge in [-0.1, -0.05) is 29.8 Å². The van der Waals surface area contributed by atoms with Crippen LogP contribution in [0, 0.1) is 6.92 Å². The van der Waals surface area contributed by atoms with Crippen molar-refractivity contribution in [2.45, 2.75) is 13.8 Å². The summed E-state index contributed by atoms with van der Waals surface area (Å²) in [6.07, 6.45) is 0. The van der Waals surface area contributed by atoms with Crippen LogP contribution in [-0.2, 0) is 0 Å². The second-order valence-electron chi connectivity index (χ2n) is 3.08. The Morgan fingerprint density at radius 1 is 1.07 bits per heavy atom. The van der Waals surface area contributed by atoms with Crippen LogP contribution in [0.2, 0.25) is 0 Å². The summed E-state index contributed by atoms with van der Waals surface area (Å²) < 4.78 is 0. The SMILES string of the molecule is C/C(=N\N=C(N)N)c1ccc(C)cc1.Cl. The highest BCUT2D eigenvalue weighted by Crippen LogP contribution is 2.04. The van der Waals surface area contributed by atoms with Gasteiger partial charge in [0.2, 0.25) is 5.96 Å². The number of nitrogens with zero attached hydrogens (tertiary/aromatic N) is 2. The molecule has 0 saturated carbocycles. The Morgan fingerprint density at radius 2 is 1.60 bits per heavy atom. The molecule has 0 spiro atoms. The molecule has 0 radical (unpaired) electrons. The molecule has 1 rings (SSSR count). The van der Waals surface area contributed by atoms with Gasteiger partial charge >= 0.3 is 0 Å². The standard InChI is InChI=1S/C10H14N4.ClH/c1-7-3-5-9(6-4-7)8(2)13-14-10(11)12;/h3-6H,1-2H3,(H4,11,12,14);1H/b13-8+;. The van der Waals surface area contributed by atoms with Crippen molar-refractivity contribution >= 4 is 24.1 Å². The molecule has 4 N–H and O–H groups in total. The lowest BCUT2D eigenvalue weighted by molar-refractivity contribution is 1.19. The van der Waals surface area contributed by atoms with E-state index >= 15 is 0 Å². The van der Waals surface area contributed by atoms with E-state index in [0.717, 1.165) is 11.3 Å². The number of benzene rings is 1. The number of rotatable bonds is 2. The van der Waals surface area contributed by atoms with Crippen LogP contribution in [-0.4, -0.2) is 11.7 Å². The predicted molar refractivity (Wildman–Crippen MR) is 66.4 cm³/mol. The molecular weight excluding hydrogens is 212 g/mol. The summed E-state index contributed by atoms with van der Waals surface area (Å²) in [5.41, 5.74) is 13.3. The molecule has 0 aliphatic carbocycles. The van der Waals surface area contributed by atoms with E-state index in [-0.39, 0.29) is 18.4 Å². The molecular formula is C10H15ClN4. The average molecular weight is 227 g/mol. The first kappa shape index (κ1) is 13.5. The van der Waals surface area contributed by atoms with Crippen molar-refractivity contribution in [1.82, 2.24) is 0 Å². The summed E-state index contributed by atoms with van der Waals surface area (Å²) in [5, 5.41) is 7.46. The summed E-state index contributed by atoms with van der Waals surface area (Å²) in [7, 11) is 0. The first-order valence-corrected chi connectivity index (χ1v) is 4.30. The summed E-state index contributed by atoms with van der Waals surface area (Å²) in [4.78, 5) is 0. The Balaban J connectivity index is 0.00000196. The fourth-order valence-electron chi connectivity index (χ4n) is 0.985. The van der Waals surface area contributed by atoms with Gasteiger partial charge in [0.1, 0.15) is 0 Å². The normalized spacial score (nSPS) is 10.4.